The van der Waals surface area contributed by atoms with E-state index in [4.69, 9.17) is 4.42 Å². The number of benzene rings is 1. The highest BCUT2D eigenvalue weighted by Crippen LogP contribution is 2.30. The maximum atomic E-state index is 5.57. The molecule has 22 heavy (non-hydrogen) atoms. The van der Waals surface area contributed by atoms with Crippen LogP contribution in [-0.2, 0) is 6.42 Å². The molecule has 0 atom stereocenters. The Morgan fingerprint density at radius 1 is 0.909 bits per heavy atom. The van der Waals surface area contributed by atoms with Crippen molar-refractivity contribution in [3.8, 4) is 11.1 Å². The number of hydrogen-bond donors (Lipinski definition) is 0. The standard InChI is InChI=1S/C20H17NO/c1-15-7-5-10-17-13-19(16-8-3-2-4-9-16)20(21(15)17)14-18-11-6-12-22-18/h2-13H,14H2,1H3. The number of fused-ring (bicyclic) bond motifs is 1. The second-order valence-electron chi connectivity index (χ2n) is 5.55. The molecule has 0 fully saturated rings. The Morgan fingerprint density at radius 2 is 1.77 bits per heavy atom. The molecule has 4 aromatic rings. The van der Waals surface area contributed by atoms with Crippen LogP contribution >= 0.6 is 0 Å². The normalized spacial score (nSPS) is 11.1. The van der Waals surface area contributed by atoms with Gasteiger partial charge in [0.2, 0.25) is 0 Å². The Labute approximate surface area is 129 Å². The average molecular weight is 287 g/mol. The molecule has 3 heterocycles. The number of furan rings is 1. The van der Waals surface area contributed by atoms with Crippen LogP contribution in [0.5, 0.6) is 0 Å². The molecule has 0 unspecified atom stereocenters. The highest BCUT2D eigenvalue weighted by atomic mass is 16.3. The summed E-state index contributed by atoms with van der Waals surface area (Å²) >= 11 is 0. The van der Waals surface area contributed by atoms with E-state index in [1.807, 2.05) is 12.1 Å². The molecule has 0 bridgehead atoms. The van der Waals surface area contributed by atoms with Gasteiger partial charge in [0.25, 0.3) is 0 Å². The number of pyridine rings is 1. The molecule has 1 aromatic carbocycles. The highest BCUT2D eigenvalue weighted by Gasteiger charge is 2.14. The smallest absolute Gasteiger partial charge is 0.109 e. The van der Waals surface area contributed by atoms with Gasteiger partial charge in [0.05, 0.1) is 6.26 Å². The van der Waals surface area contributed by atoms with E-state index in [1.165, 1.54) is 28.0 Å². The van der Waals surface area contributed by atoms with Gasteiger partial charge in [0.1, 0.15) is 5.76 Å². The molecule has 0 aliphatic rings. The number of nitrogens with zero attached hydrogens (tertiary/aromatic N) is 1. The van der Waals surface area contributed by atoms with E-state index in [1.54, 1.807) is 6.26 Å². The molecule has 0 spiro atoms. The fraction of sp³-hybridized carbons (Fsp3) is 0.100. The minimum Gasteiger partial charge on any atom is -0.469 e. The molecule has 0 amide bonds. The van der Waals surface area contributed by atoms with Gasteiger partial charge in [-0.15, -0.1) is 0 Å². The zero-order valence-corrected chi connectivity index (χ0v) is 12.5. The molecular weight excluding hydrogens is 270 g/mol. The van der Waals surface area contributed by atoms with Gasteiger partial charge >= 0.3 is 0 Å². The third-order valence-electron chi connectivity index (χ3n) is 4.09. The van der Waals surface area contributed by atoms with Crippen molar-refractivity contribution in [1.29, 1.82) is 0 Å². The SMILES string of the molecule is Cc1cccc2cc(-c3ccccc3)c(Cc3ccco3)n12. The average Bonchev–Trinajstić information content (AvgIpc) is 3.17. The third-order valence-corrected chi connectivity index (χ3v) is 4.09. The first-order valence-corrected chi connectivity index (χ1v) is 7.51. The van der Waals surface area contributed by atoms with E-state index in [9.17, 15) is 0 Å². The monoisotopic (exact) mass is 287 g/mol. The Balaban J connectivity index is 1.97. The van der Waals surface area contributed by atoms with Gasteiger partial charge in [0, 0.05) is 28.9 Å². The lowest BCUT2D eigenvalue weighted by Gasteiger charge is -2.08. The lowest BCUT2D eigenvalue weighted by molar-refractivity contribution is 0.518. The second kappa shape index (κ2) is 5.23. The van der Waals surface area contributed by atoms with Gasteiger partial charge in [-0.1, -0.05) is 36.4 Å². The molecule has 3 aromatic heterocycles. The first kappa shape index (κ1) is 13.0. The highest BCUT2D eigenvalue weighted by molar-refractivity contribution is 5.74. The Kier molecular flexibility index (Phi) is 3.08. The summed E-state index contributed by atoms with van der Waals surface area (Å²) < 4.78 is 7.90. The van der Waals surface area contributed by atoms with Gasteiger partial charge in [-0.3, -0.25) is 0 Å². The van der Waals surface area contributed by atoms with E-state index < -0.39 is 0 Å². The summed E-state index contributed by atoms with van der Waals surface area (Å²) in [5.41, 5.74) is 6.24. The van der Waals surface area contributed by atoms with Crippen molar-refractivity contribution in [3.05, 3.63) is 90.1 Å². The molecular formula is C20H17NO. The topological polar surface area (TPSA) is 17.6 Å². The fourth-order valence-electron chi connectivity index (χ4n) is 3.09. The maximum Gasteiger partial charge on any atom is 0.109 e. The van der Waals surface area contributed by atoms with Crippen molar-refractivity contribution >= 4 is 5.52 Å². The van der Waals surface area contributed by atoms with Crippen LogP contribution < -0.4 is 0 Å². The van der Waals surface area contributed by atoms with Crippen molar-refractivity contribution in [3.63, 3.8) is 0 Å². The molecule has 0 aliphatic heterocycles. The van der Waals surface area contributed by atoms with Crippen LogP contribution in [0.4, 0.5) is 0 Å². The van der Waals surface area contributed by atoms with Gasteiger partial charge in [-0.25, -0.2) is 0 Å². The molecule has 2 nitrogen and oxygen atoms in total. The van der Waals surface area contributed by atoms with Gasteiger partial charge < -0.3 is 8.82 Å². The molecule has 0 aliphatic carbocycles. The van der Waals surface area contributed by atoms with E-state index in [0.717, 1.165) is 12.2 Å². The molecule has 0 saturated heterocycles. The number of aromatic nitrogens is 1. The van der Waals surface area contributed by atoms with Crippen molar-refractivity contribution in [2.45, 2.75) is 13.3 Å². The van der Waals surface area contributed by atoms with E-state index >= 15 is 0 Å². The largest absolute Gasteiger partial charge is 0.469 e. The minimum atomic E-state index is 0.788. The zero-order valence-electron chi connectivity index (χ0n) is 12.5. The zero-order chi connectivity index (χ0) is 14.9. The maximum absolute atomic E-state index is 5.57. The van der Waals surface area contributed by atoms with E-state index in [-0.39, 0.29) is 0 Å². The van der Waals surface area contributed by atoms with Crippen molar-refractivity contribution in [2.24, 2.45) is 0 Å². The van der Waals surface area contributed by atoms with Crippen molar-refractivity contribution < 1.29 is 4.42 Å². The molecule has 0 N–H and O–H groups in total. The van der Waals surface area contributed by atoms with Gasteiger partial charge in [0.15, 0.2) is 0 Å². The summed E-state index contributed by atoms with van der Waals surface area (Å²) in [4.78, 5) is 0. The summed E-state index contributed by atoms with van der Waals surface area (Å²) in [6.45, 7) is 2.15. The summed E-state index contributed by atoms with van der Waals surface area (Å²) in [7, 11) is 0. The van der Waals surface area contributed by atoms with Crippen LogP contribution in [0.15, 0.2) is 77.4 Å². The molecule has 0 radical (unpaired) electrons. The van der Waals surface area contributed by atoms with E-state index in [2.05, 4.69) is 65.9 Å². The second-order valence-corrected chi connectivity index (χ2v) is 5.55. The van der Waals surface area contributed by atoms with E-state index in [0.29, 0.717) is 0 Å². The van der Waals surface area contributed by atoms with Gasteiger partial charge in [-0.2, -0.15) is 0 Å². The lowest BCUT2D eigenvalue weighted by Crippen LogP contribution is -1.98. The van der Waals surface area contributed by atoms with Crippen LogP contribution in [0.1, 0.15) is 17.1 Å². The Hall–Kier alpha value is -2.74. The minimum absolute atomic E-state index is 0.788. The van der Waals surface area contributed by atoms with Gasteiger partial charge in [-0.05, 0) is 42.8 Å². The summed E-state index contributed by atoms with van der Waals surface area (Å²) in [6.07, 6.45) is 2.52. The van der Waals surface area contributed by atoms with Crippen LogP contribution in [0.25, 0.3) is 16.6 Å². The van der Waals surface area contributed by atoms with Crippen LogP contribution in [-0.4, -0.2) is 4.40 Å². The predicted octanol–water partition coefficient (Wildman–Crippen LogP) is 5.10. The summed E-state index contributed by atoms with van der Waals surface area (Å²) in [5.74, 6) is 0.987. The summed E-state index contributed by atoms with van der Waals surface area (Å²) in [6, 6.07) is 23.2. The molecule has 108 valence electrons. The van der Waals surface area contributed by atoms with Crippen LogP contribution in [0.2, 0.25) is 0 Å². The molecule has 2 heteroatoms. The summed E-state index contributed by atoms with van der Waals surface area (Å²) in [5, 5.41) is 0. The van der Waals surface area contributed by atoms with Crippen molar-refractivity contribution in [1.82, 2.24) is 4.40 Å². The predicted molar refractivity (Wildman–Crippen MR) is 89.1 cm³/mol. The lowest BCUT2D eigenvalue weighted by atomic mass is 10.0. The number of hydrogen-bond acceptors (Lipinski definition) is 1. The number of aryl methyl sites for hydroxylation is 1. The third kappa shape index (κ3) is 2.13. The van der Waals surface area contributed by atoms with Crippen LogP contribution in [0.3, 0.4) is 0 Å². The first-order chi connectivity index (χ1) is 10.8. The fourth-order valence-corrected chi connectivity index (χ4v) is 3.09. The Morgan fingerprint density at radius 3 is 2.55 bits per heavy atom. The Bertz CT molecular complexity index is 902. The van der Waals surface area contributed by atoms with Crippen LogP contribution in [0, 0.1) is 6.92 Å². The molecule has 4 rings (SSSR count). The molecule has 0 saturated carbocycles. The van der Waals surface area contributed by atoms with Crippen molar-refractivity contribution in [2.75, 3.05) is 0 Å². The first-order valence-electron chi connectivity index (χ1n) is 7.51. The quantitative estimate of drug-likeness (QED) is 0.512. The number of rotatable bonds is 3.